The highest BCUT2D eigenvalue weighted by atomic mass is 16.5. The molecule has 32 heavy (non-hydrogen) atoms. The van der Waals surface area contributed by atoms with Crippen LogP contribution in [0.3, 0.4) is 0 Å². The highest BCUT2D eigenvalue weighted by Gasteiger charge is 2.45. The van der Waals surface area contributed by atoms with Crippen molar-refractivity contribution in [1.82, 2.24) is 9.80 Å². The van der Waals surface area contributed by atoms with E-state index in [4.69, 9.17) is 4.74 Å². The van der Waals surface area contributed by atoms with Gasteiger partial charge in [0.2, 0.25) is 0 Å². The van der Waals surface area contributed by atoms with Gasteiger partial charge in [-0.15, -0.1) is 0 Å². The Morgan fingerprint density at radius 3 is 2.50 bits per heavy atom. The van der Waals surface area contributed by atoms with Crippen molar-refractivity contribution in [3.8, 4) is 5.75 Å². The molecule has 1 atom stereocenters. The summed E-state index contributed by atoms with van der Waals surface area (Å²) in [6.45, 7) is 3.90. The molecule has 1 aliphatic heterocycles. The fourth-order valence-corrected chi connectivity index (χ4v) is 3.87. The number of nitrogens with zero attached hydrogens (tertiary/aromatic N) is 2. The molecule has 0 saturated carbocycles. The van der Waals surface area contributed by atoms with Crippen molar-refractivity contribution in [2.24, 2.45) is 0 Å². The molecule has 0 bridgehead atoms. The number of benzene rings is 2. The number of hydrogen-bond acceptors (Lipinski definition) is 5. The minimum Gasteiger partial charge on any atom is -0.507 e. The van der Waals surface area contributed by atoms with Crippen molar-refractivity contribution in [2.75, 3.05) is 33.8 Å². The number of ketones is 1. The molecule has 6 heteroatoms. The van der Waals surface area contributed by atoms with Gasteiger partial charge in [-0.05, 0) is 51.2 Å². The van der Waals surface area contributed by atoms with Crippen molar-refractivity contribution >= 4 is 17.4 Å². The summed E-state index contributed by atoms with van der Waals surface area (Å²) in [5, 5.41) is 11.2. The van der Waals surface area contributed by atoms with Crippen LogP contribution in [-0.2, 0) is 9.59 Å². The summed E-state index contributed by atoms with van der Waals surface area (Å²) < 4.78 is 5.76. The minimum atomic E-state index is -0.654. The van der Waals surface area contributed by atoms with E-state index >= 15 is 0 Å². The molecule has 1 N–H and O–H groups in total. The molecule has 1 saturated heterocycles. The predicted molar refractivity (Wildman–Crippen MR) is 125 cm³/mol. The van der Waals surface area contributed by atoms with Gasteiger partial charge in [0.15, 0.2) is 0 Å². The number of ether oxygens (including phenoxy) is 1. The third-order valence-corrected chi connectivity index (χ3v) is 5.53. The van der Waals surface area contributed by atoms with E-state index in [1.807, 2.05) is 55.4 Å². The van der Waals surface area contributed by atoms with E-state index in [9.17, 15) is 14.7 Å². The molecule has 1 fully saturated rings. The van der Waals surface area contributed by atoms with Crippen LogP contribution in [0.2, 0.25) is 0 Å². The lowest BCUT2D eigenvalue weighted by Gasteiger charge is -2.26. The van der Waals surface area contributed by atoms with Gasteiger partial charge in [0, 0.05) is 12.1 Å². The third-order valence-electron chi connectivity index (χ3n) is 5.53. The van der Waals surface area contributed by atoms with Gasteiger partial charge in [0.1, 0.15) is 11.5 Å². The minimum absolute atomic E-state index is 0.122. The van der Waals surface area contributed by atoms with Crippen LogP contribution in [0.5, 0.6) is 5.75 Å². The van der Waals surface area contributed by atoms with Crippen LogP contribution in [0.4, 0.5) is 0 Å². The second kappa shape index (κ2) is 11.0. The lowest BCUT2D eigenvalue weighted by atomic mass is 9.95. The van der Waals surface area contributed by atoms with Crippen LogP contribution in [0.25, 0.3) is 5.76 Å². The molecule has 0 radical (unpaired) electrons. The first-order valence-electron chi connectivity index (χ1n) is 11.1. The van der Waals surface area contributed by atoms with Crippen LogP contribution in [0.1, 0.15) is 43.4 Å². The van der Waals surface area contributed by atoms with Crippen molar-refractivity contribution < 1.29 is 19.4 Å². The molecule has 0 spiro atoms. The lowest BCUT2D eigenvalue weighted by molar-refractivity contribution is -0.139. The summed E-state index contributed by atoms with van der Waals surface area (Å²) in [6.07, 6.45) is 2.68. The van der Waals surface area contributed by atoms with Gasteiger partial charge in [0.05, 0.1) is 18.2 Å². The van der Waals surface area contributed by atoms with Gasteiger partial charge in [-0.1, -0.05) is 55.8 Å². The quantitative estimate of drug-likeness (QED) is 0.261. The summed E-state index contributed by atoms with van der Waals surface area (Å²) in [6, 6.07) is 15.8. The van der Waals surface area contributed by atoms with Crippen molar-refractivity contribution in [3.63, 3.8) is 0 Å². The molecule has 1 unspecified atom stereocenters. The first kappa shape index (κ1) is 23.5. The van der Waals surface area contributed by atoms with E-state index < -0.39 is 17.7 Å². The molecule has 3 rings (SSSR count). The molecular weight excluding hydrogens is 404 g/mol. The van der Waals surface area contributed by atoms with E-state index in [0.717, 1.165) is 31.4 Å². The number of carbonyl (C=O) groups excluding carboxylic acids is 2. The second-order valence-corrected chi connectivity index (χ2v) is 8.29. The number of carbonyl (C=O) groups is 2. The second-order valence-electron chi connectivity index (χ2n) is 8.29. The lowest BCUT2D eigenvalue weighted by Crippen LogP contribution is -2.32. The molecule has 2 aromatic carbocycles. The topological polar surface area (TPSA) is 70.1 Å². The molecule has 6 nitrogen and oxygen atoms in total. The Bertz CT molecular complexity index is 969. The van der Waals surface area contributed by atoms with Gasteiger partial charge < -0.3 is 19.6 Å². The number of aliphatic hydroxyl groups excluding tert-OH is 1. The van der Waals surface area contributed by atoms with Crippen LogP contribution in [0, 0.1) is 0 Å². The zero-order valence-corrected chi connectivity index (χ0v) is 19.1. The van der Waals surface area contributed by atoms with Crippen LogP contribution < -0.4 is 4.74 Å². The predicted octanol–water partition coefficient (Wildman–Crippen LogP) is 4.24. The number of likely N-dealkylation sites (tertiary alicyclic amines) is 1. The first-order chi connectivity index (χ1) is 15.4. The number of amides is 1. The van der Waals surface area contributed by atoms with E-state index in [-0.39, 0.29) is 11.3 Å². The highest BCUT2D eigenvalue weighted by Crippen LogP contribution is 2.39. The Balaban J connectivity index is 2.00. The summed E-state index contributed by atoms with van der Waals surface area (Å²) in [7, 11) is 3.94. The number of Topliss-reactive ketones (excluding diaryl/α,β-unsaturated/α-hetero) is 1. The Morgan fingerprint density at radius 1 is 1.06 bits per heavy atom. The SMILES string of the molecule is CCCCOc1cccc(C(O)=C2C(=O)C(=O)N(CCCN(C)C)C2c2ccccc2)c1. The van der Waals surface area contributed by atoms with Gasteiger partial charge in [-0.2, -0.15) is 0 Å². The summed E-state index contributed by atoms with van der Waals surface area (Å²) in [4.78, 5) is 29.6. The molecular formula is C26H32N2O4. The van der Waals surface area contributed by atoms with Crippen molar-refractivity contribution in [3.05, 3.63) is 71.3 Å². The Labute approximate surface area is 190 Å². The maximum Gasteiger partial charge on any atom is 0.295 e. The average molecular weight is 437 g/mol. The van der Waals surface area contributed by atoms with Crippen LogP contribution >= 0.6 is 0 Å². The maximum absolute atomic E-state index is 13.1. The molecule has 2 aromatic rings. The van der Waals surface area contributed by atoms with Gasteiger partial charge in [0.25, 0.3) is 11.7 Å². The number of hydrogen-bond donors (Lipinski definition) is 1. The zero-order chi connectivity index (χ0) is 23.1. The molecule has 0 aliphatic carbocycles. The van der Waals surface area contributed by atoms with E-state index in [0.29, 0.717) is 24.5 Å². The van der Waals surface area contributed by atoms with Gasteiger partial charge in [-0.3, -0.25) is 9.59 Å². The molecule has 0 aromatic heterocycles. The first-order valence-corrected chi connectivity index (χ1v) is 11.1. The van der Waals surface area contributed by atoms with Gasteiger partial charge in [-0.25, -0.2) is 0 Å². The van der Waals surface area contributed by atoms with Crippen LogP contribution in [0.15, 0.2) is 60.2 Å². The zero-order valence-electron chi connectivity index (χ0n) is 19.1. The summed E-state index contributed by atoms with van der Waals surface area (Å²) >= 11 is 0. The van der Waals surface area contributed by atoms with E-state index in [2.05, 4.69) is 6.92 Å². The Kier molecular flexibility index (Phi) is 8.06. The standard InChI is InChI=1S/C26H32N2O4/c1-4-5-17-32-21-14-9-13-20(18-21)24(29)22-23(19-11-7-6-8-12-19)28(26(31)25(22)30)16-10-15-27(2)3/h6-9,11-14,18,23,29H,4-5,10,15-17H2,1-3H3. The maximum atomic E-state index is 13.1. The Hall–Kier alpha value is -3.12. The smallest absolute Gasteiger partial charge is 0.295 e. The average Bonchev–Trinajstić information content (AvgIpc) is 3.04. The highest BCUT2D eigenvalue weighted by molar-refractivity contribution is 6.46. The van der Waals surface area contributed by atoms with Crippen molar-refractivity contribution in [1.29, 1.82) is 0 Å². The largest absolute Gasteiger partial charge is 0.507 e. The Morgan fingerprint density at radius 2 is 1.81 bits per heavy atom. The van der Waals surface area contributed by atoms with E-state index in [1.165, 1.54) is 0 Å². The molecule has 170 valence electrons. The number of rotatable bonds is 10. The molecule has 1 aliphatic rings. The van der Waals surface area contributed by atoms with E-state index in [1.54, 1.807) is 23.1 Å². The molecule has 1 amide bonds. The number of unbranched alkanes of at least 4 members (excludes halogenated alkanes) is 1. The normalized spacial score (nSPS) is 17.9. The monoisotopic (exact) mass is 436 g/mol. The summed E-state index contributed by atoms with van der Waals surface area (Å²) in [5.41, 5.74) is 1.39. The fourth-order valence-electron chi connectivity index (χ4n) is 3.87. The third kappa shape index (κ3) is 5.37. The van der Waals surface area contributed by atoms with Crippen molar-refractivity contribution in [2.45, 2.75) is 32.2 Å². The van der Waals surface area contributed by atoms with Gasteiger partial charge >= 0.3 is 0 Å². The summed E-state index contributed by atoms with van der Waals surface area (Å²) in [5.74, 6) is -0.778. The number of aliphatic hydroxyl groups is 1. The fraction of sp³-hybridized carbons (Fsp3) is 0.385. The van der Waals surface area contributed by atoms with Crippen LogP contribution in [-0.4, -0.2) is 60.4 Å². The molecule has 1 heterocycles.